The molecule has 1 amide bonds. The van der Waals surface area contributed by atoms with Gasteiger partial charge in [-0.1, -0.05) is 0 Å². The van der Waals surface area contributed by atoms with Crippen molar-refractivity contribution >= 4 is 32.8 Å². The van der Waals surface area contributed by atoms with Crippen LogP contribution in [0.3, 0.4) is 0 Å². The zero-order chi connectivity index (χ0) is 25.4. The van der Waals surface area contributed by atoms with E-state index in [1.54, 1.807) is 18.2 Å². The number of nitrogens with zero attached hydrogens (tertiary/aromatic N) is 2. The van der Waals surface area contributed by atoms with Gasteiger partial charge < -0.3 is 19.3 Å². The van der Waals surface area contributed by atoms with Crippen molar-refractivity contribution in [2.24, 2.45) is 18.9 Å². The van der Waals surface area contributed by atoms with Gasteiger partial charge in [0.2, 0.25) is 15.9 Å². The van der Waals surface area contributed by atoms with E-state index in [0.29, 0.717) is 57.8 Å². The molecule has 0 bridgehead atoms. The number of hydrogen-bond donors (Lipinski definition) is 2. The third kappa shape index (κ3) is 5.31. The Morgan fingerprint density at radius 2 is 1.89 bits per heavy atom. The number of amides is 1. The van der Waals surface area contributed by atoms with Crippen molar-refractivity contribution < 1.29 is 27.9 Å². The molecular weight excluding hydrogens is 482 g/mol. The van der Waals surface area contributed by atoms with Crippen LogP contribution in [0.2, 0.25) is 0 Å². The Labute approximate surface area is 211 Å². The molecule has 1 atom stereocenters. The highest BCUT2D eigenvalue weighted by molar-refractivity contribution is 7.89. The highest BCUT2D eigenvalue weighted by Crippen LogP contribution is 2.38. The average Bonchev–Trinajstić information content (AvgIpc) is 3.66. The molecule has 10 heteroatoms. The van der Waals surface area contributed by atoms with E-state index in [1.165, 1.54) is 12.8 Å². The Kier molecular flexibility index (Phi) is 7.11. The number of benzene rings is 1. The molecule has 5 rings (SSSR count). The molecule has 2 heterocycles. The van der Waals surface area contributed by atoms with Crippen molar-refractivity contribution in [3.8, 4) is 0 Å². The fourth-order valence-corrected chi connectivity index (χ4v) is 7.14. The number of hydrogen-bond acceptors (Lipinski definition) is 5. The van der Waals surface area contributed by atoms with Crippen LogP contribution in [0.4, 0.5) is 0 Å². The quantitative estimate of drug-likeness (QED) is 0.556. The van der Waals surface area contributed by atoms with Crippen LogP contribution in [0.5, 0.6) is 0 Å². The van der Waals surface area contributed by atoms with Crippen LogP contribution in [0, 0.1) is 11.8 Å². The summed E-state index contributed by atoms with van der Waals surface area (Å²) in [4.78, 5) is 26.5. The number of aryl methyl sites for hydroxylation is 2. The number of carbonyl (C=O) groups is 2. The minimum atomic E-state index is -3.75. The van der Waals surface area contributed by atoms with Crippen molar-refractivity contribution in [2.45, 2.75) is 68.3 Å². The first-order valence-electron chi connectivity index (χ1n) is 12.9. The van der Waals surface area contributed by atoms with Crippen LogP contribution < -0.4 is 4.72 Å². The lowest BCUT2D eigenvalue weighted by molar-refractivity contribution is -0.146. The van der Waals surface area contributed by atoms with Crippen LogP contribution in [0.15, 0.2) is 29.3 Å². The lowest BCUT2D eigenvalue weighted by atomic mass is 9.85. The number of fused-ring (bicyclic) bond motifs is 1. The standard InChI is InChI=1S/C26H35N3O6S/c1-28-15-19(6-11-25(30)31)22-14-21(9-10-23(22)28)36(33,34)27-20-7-4-18(5-8-20)26(32)29-12-13-35-16-24(29)17-2-3-17/h9-10,14-15,17-18,20,24,27H,2-8,11-13,16H2,1H3,(H,30,31). The van der Waals surface area contributed by atoms with Gasteiger partial charge in [-0.25, -0.2) is 13.1 Å². The first-order valence-corrected chi connectivity index (χ1v) is 14.4. The average molecular weight is 518 g/mol. The van der Waals surface area contributed by atoms with Crippen molar-refractivity contribution in [1.82, 2.24) is 14.2 Å². The Morgan fingerprint density at radius 1 is 1.14 bits per heavy atom. The van der Waals surface area contributed by atoms with Gasteiger partial charge in [-0.05, 0) is 74.6 Å². The summed E-state index contributed by atoms with van der Waals surface area (Å²) in [6.45, 7) is 1.88. The molecule has 2 aromatic rings. The Bertz CT molecular complexity index is 1240. The zero-order valence-corrected chi connectivity index (χ0v) is 21.5. The first kappa shape index (κ1) is 25.2. The molecule has 2 aliphatic carbocycles. The zero-order valence-electron chi connectivity index (χ0n) is 20.7. The summed E-state index contributed by atoms with van der Waals surface area (Å²) in [7, 11) is -1.88. The molecule has 0 radical (unpaired) electrons. The molecule has 1 aliphatic heterocycles. The normalized spacial score (nSPS) is 25.2. The second-order valence-corrected chi connectivity index (χ2v) is 12.2. The molecular formula is C26H35N3O6S. The number of carbonyl (C=O) groups excluding carboxylic acids is 1. The van der Waals surface area contributed by atoms with E-state index in [0.717, 1.165) is 16.5 Å². The molecule has 2 N–H and O–H groups in total. The summed E-state index contributed by atoms with van der Waals surface area (Å²) in [5.74, 6) is -0.158. The number of carboxylic acid groups (broad SMARTS) is 1. The third-order valence-electron chi connectivity index (χ3n) is 7.97. The lowest BCUT2D eigenvalue weighted by Crippen LogP contribution is -2.52. The van der Waals surface area contributed by atoms with E-state index in [1.807, 2.05) is 22.7 Å². The van der Waals surface area contributed by atoms with Gasteiger partial charge in [0.15, 0.2) is 0 Å². The van der Waals surface area contributed by atoms with Gasteiger partial charge >= 0.3 is 5.97 Å². The van der Waals surface area contributed by atoms with E-state index in [4.69, 9.17) is 9.84 Å². The van der Waals surface area contributed by atoms with Gasteiger partial charge in [0, 0.05) is 49.1 Å². The summed E-state index contributed by atoms with van der Waals surface area (Å²) in [6, 6.07) is 5.00. The van der Waals surface area contributed by atoms with Gasteiger partial charge in [0.25, 0.3) is 0 Å². The van der Waals surface area contributed by atoms with E-state index in [2.05, 4.69) is 4.72 Å². The van der Waals surface area contributed by atoms with Gasteiger partial charge in [0.1, 0.15) is 0 Å². The van der Waals surface area contributed by atoms with Crippen LogP contribution in [-0.4, -0.2) is 66.7 Å². The maximum atomic E-state index is 13.3. The van der Waals surface area contributed by atoms with Crippen LogP contribution in [0.1, 0.15) is 50.5 Å². The molecule has 196 valence electrons. The number of sulfonamides is 1. The second-order valence-electron chi connectivity index (χ2n) is 10.5. The maximum absolute atomic E-state index is 13.3. The Morgan fingerprint density at radius 3 is 2.58 bits per heavy atom. The first-order chi connectivity index (χ1) is 17.2. The molecule has 1 aromatic carbocycles. The fraction of sp³-hybridized carbons (Fsp3) is 0.615. The van der Waals surface area contributed by atoms with Gasteiger partial charge in [-0.15, -0.1) is 0 Å². The second kappa shape index (κ2) is 10.1. The number of ether oxygens (including phenoxy) is 1. The predicted molar refractivity (Wildman–Crippen MR) is 134 cm³/mol. The van der Waals surface area contributed by atoms with Crippen molar-refractivity contribution in [1.29, 1.82) is 0 Å². The Hall–Kier alpha value is -2.43. The van der Waals surface area contributed by atoms with Crippen molar-refractivity contribution in [3.05, 3.63) is 30.0 Å². The van der Waals surface area contributed by atoms with Crippen LogP contribution in [0.25, 0.3) is 10.9 Å². The van der Waals surface area contributed by atoms with Gasteiger partial charge in [0.05, 0.1) is 24.2 Å². The maximum Gasteiger partial charge on any atom is 0.303 e. The van der Waals surface area contributed by atoms with E-state index < -0.39 is 16.0 Å². The Balaban J connectivity index is 1.23. The summed E-state index contributed by atoms with van der Waals surface area (Å²) in [5, 5.41) is 9.80. The number of rotatable bonds is 8. The molecule has 1 saturated heterocycles. The van der Waals surface area contributed by atoms with E-state index in [-0.39, 0.29) is 35.2 Å². The van der Waals surface area contributed by atoms with E-state index >= 15 is 0 Å². The monoisotopic (exact) mass is 517 g/mol. The molecule has 2 saturated carbocycles. The smallest absolute Gasteiger partial charge is 0.303 e. The highest BCUT2D eigenvalue weighted by Gasteiger charge is 2.41. The topological polar surface area (TPSA) is 118 Å². The van der Waals surface area contributed by atoms with Gasteiger partial charge in [-0.2, -0.15) is 0 Å². The van der Waals surface area contributed by atoms with Crippen LogP contribution in [-0.2, 0) is 37.8 Å². The van der Waals surface area contributed by atoms with Crippen molar-refractivity contribution in [2.75, 3.05) is 19.8 Å². The minimum absolute atomic E-state index is 0.0117. The number of nitrogens with one attached hydrogen (secondary N) is 1. The SMILES string of the molecule is Cn1cc(CCC(=O)O)c2cc(S(=O)(=O)NC3CCC(C(=O)N4CCOCC4C4CC4)CC3)ccc21. The summed E-state index contributed by atoms with van der Waals surface area (Å²) in [5.41, 5.74) is 1.68. The number of morpholine rings is 1. The minimum Gasteiger partial charge on any atom is -0.481 e. The third-order valence-corrected chi connectivity index (χ3v) is 9.49. The largest absolute Gasteiger partial charge is 0.481 e. The lowest BCUT2D eigenvalue weighted by Gasteiger charge is -2.39. The molecule has 0 spiro atoms. The molecule has 1 unspecified atom stereocenters. The van der Waals surface area contributed by atoms with Gasteiger partial charge in [-0.3, -0.25) is 9.59 Å². The molecule has 9 nitrogen and oxygen atoms in total. The number of aliphatic carboxylic acids is 1. The fourth-order valence-electron chi connectivity index (χ4n) is 5.81. The molecule has 3 fully saturated rings. The predicted octanol–water partition coefficient (Wildman–Crippen LogP) is 2.67. The van der Waals surface area contributed by atoms with Crippen LogP contribution >= 0.6 is 0 Å². The van der Waals surface area contributed by atoms with Crippen molar-refractivity contribution in [3.63, 3.8) is 0 Å². The molecule has 1 aromatic heterocycles. The highest BCUT2D eigenvalue weighted by atomic mass is 32.2. The molecule has 36 heavy (non-hydrogen) atoms. The summed E-state index contributed by atoms with van der Waals surface area (Å²) >= 11 is 0. The summed E-state index contributed by atoms with van der Waals surface area (Å²) in [6.07, 6.45) is 7.14. The van der Waals surface area contributed by atoms with E-state index in [9.17, 15) is 18.0 Å². The number of aromatic nitrogens is 1. The summed E-state index contributed by atoms with van der Waals surface area (Å²) < 4.78 is 36.8. The number of carboxylic acids is 1. The molecule has 3 aliphatic rings.